The fourth-order valence-corrected chi connectivity index (χ4v) is 1.98. The monoisotopic (exact) mass is 255 g/mol. The number of nitrogens with zero attached hydrogens (tertiary/aromatic N) is 4. The molecule has 2 heterocycles. The Labute approximate surface area is 109 Å². The van der Waals surface area contributed by atoms with E-state index in [2.05, 4.69) is 15.3 Å². The molecule has 2 N–H and O–H groups in total. The van der Waals surface area contributed by atoms with Gasteiger partial charge in [0.05, 0.1) is 19.0 Å². The Bertz CT molecular complexity index is 722. The molecular weight excluding hydrogens is 242 g/mol. The average molecular weight is 255 g/mol. The summed E-state index contributed by atoms with van der Waals surface area (Å²) in [5.74, 6) is 0.778. The molecule has 0 atom stereocenters. The third-order valence-corrected chi connectivity index (χ3v) is 2.98. The molecule has 0 spiro atoms. The smallest absolute Gasteiger partial charge is 0.176 e. The van der Waals surface area contributed by atoms with E-state index in [1.165, 1.54) is 0 Å². The summed E-state index contributed by atoms with van der Waals surface area (Å²) < 4.78 is 6.87. The van der Waals surface area contributed by atoms with Crippen LogP contribution in [0, 0.1) is 0 Å². The summed E-state index contributed by atoms with van der Waals surface area (Å²) in [6, 6.07) is 7.67. The number of ether oxygens (including phenoxy) is 1. The van der Waals surface area contributed by atoms with Gasteiger partial charge in [-0.15, -0.1) is 5.10 Å². The SMILES string of the molecule is COc1ccc(CN)c(-c2ccn3nncc3n2)c1. The van der Waals surface area contributed by atoms with Crippen molar-refractivity contribution in [1.29, 1.82) is 0 Å². The number of fused-ring (bicyclic) bond motifs is 1. The second-order valence-corrected chi connectivity index (χ2v) is 4.08. The summed E-state index contributed by atoms with van der Waals surface area (Å²) in [6.45, 7) is 0.448. The Kier molecular flexibility index (Phi) is 2.85. The maximum Gasteiger partial charge on any atom is 0.176 e. The standard InChI is InChI=1S/C13H13N5O/c1-19-10-3-2-9(7-14)11(6-10)12-4-5-18-13(16-12)8-15-17-18/h2-6,8H,7,14H2,1H3. The molecule has 0 radical (unpaired) electrons. The fraction of sp³-hybridized carbons (Fsp3) is 0.154. The van der Waals surface area contributed by atoms with Crippen molar-refractivity contribution >= 4 is 5.65 Å². The Morgan fingerprint density at radius 3 is 3.00 bits per heavy atom. The highest BCUT2D eigenvalue weighted by Crippen LogP contribution is 2.26. The molecule has 6 heteroatoms. The lowest BCUT2D eigenvalue weighted by atomic mass is 10.0. The van der Waals surface area contributed by atoms with E-state index in [9.17, 15) is 0 Å². The van der Waals surface area contributed by atoms with Crippen LogP contribution >= 0.6 is 0 Å². The van der Waals surface area contributed by atoms with Gasteiger partial charge in [0.1, 0.15) is 5.75 Å². The zero-order valence-corrected chi connectivity index (χ0v) is 10.4. The van der Waals surface area contributed by atoms with E-state index < -0.39 is 0 Å². The minimum atomic E-state index is 0.448. The first-order valence-corrected chi connectivity index (χ1v) is 5.86. The van der Waals surface area contributed by atoms with Gasteiger partial charge in [0.25, 0.3) is 0 Å². The number of aromatic nitrogens is 4. The first-order chi connectivity index (χ1) is 9.31. The van der Waals surface area contributed by atoms with Crippen LogP contribution in [0.1, 0.15) is 5.56 Å². The van der Waals surface area contributed by atoms with Gasteiger partial charge >= 0.3 is 0 Å². The molecule has 3 aromatic rings. The van der Waals surface area contributed by atoms with Crippen molar-refractivity contribution in [3.05, 3.63) is 42.2 Å². The van der Waals surface area contributed by atoms with Gasteiger partial charge in [-0.05, 0) is 23.8 Å². The molecule has 3 rings (SSSR count). The van der Waals surface area contributed by atoms with Crippen LogP contribution in [0.3, 0.4) is 0 Å². The van der Waals surface area contributed by atoms with Crippen molar-refractivity contribution in [3.63, 3.8) is 0 Å². The van der Waals surface area contributed by atoms with Gasteiger partial charge in [0.2, 0.25) is 0 Å². The first kappa shape index (κ1) is 11.6. The van der Waals surface area contributed by atoms with E-state index in [1.807, 2.05) is 30.5 Å². The minimum absolute atomic E-state index is 0.448. The molecule has 19 heavy (non-hydrogen) atoms. The number of rotatable bonds is 3. The fourth-order valence-electron chi connectivity index (χ4n) is 1.98. The van der Waals surface area contributed by atoms with E-state index in [0.29, 0.717) is 12.2 Å². The predicted octanol–water partition coefficient (Wildman–Crippen LogP) is 1.26. The molecular formula is C13H13N5O. The lowest BCUT2D eigenvalue weighted by Gasteiger charge is -2.09. The Morgan fingerprint density at radius 1 is 1.32 bits per heavy atom. The number of nitrogens with two attached hydrogens (primary N) is 1. The lowest BCUT2D eigenvalue weighted by Crippen LogP contribution is -2.01. The highest BCUT2D eigenvalue weighted by Gasteiger charge is 2.08. The normalized spacial score (nSPS) is 10.8. The molecule has 0 amide bonds. The highest BCUT2D eigenvalue weighted by atomic mass is 16.5. The van der Waals surface area contributed by atoms with Crippen molar-refractivity contribution in [3.8, 4) is 17.0 Å². The maximum atomic E-state index is 5.77. The van der Waals surface area contributed by atoms with Crippen LogP contribution in [0.2, 0.25) is 0 Å². The molecule has 0 unspecified atom stereocenters. The number of benzene rings is 1. The Hall–Kier alpha value is -2.47. The van der Waals surface area contributed by atoms with Crippen LogP contribution < -0.4 is 10.5 Å². The third kappa shape index (κ3) is 2.02. The molecule has 2 aromatic heterocycles. The van der Waals surface area contributed by atoms with E-state index >= 15 is 0 Å². The van der Waals surface area contributed by atoms with Crippen LogP contribution in [-0.2, 0) is 6.54 Å². The Balaban J connectivity index is 2.18. The summed E-state index contributed by atoms with van der Waals surface area (Å²) in [6.07, 6.45) is 3.44. The second-order valence-electron chi connectivity index (χ2n) is 4.08. The lowest BCUT2D eigenvalue weighted by molar-refractivity contribution is 0.415. The molecule has 0 aliphatic rings. The largest absolute Gasteiger partial charge is 0.497 e. The zero-order chi connectivity index (χ0) is 13.2. The van der Waals surface area contributed by atoms with Crippen molar-refractivity contribution < 1.29 is 4.74 Å². The molecule has 96 valence electrons. The van der Waals surface area contributed by atoms with Crippen LogP contribution in [0.25, 0.3) is 16.9 Å². The van der Waals surface area contributed by atoms with Gasteiger partial charge in [-0.2, -0.15) is 0 Å². The van der Waals surface area contributed by atoms with Crippen molar-refractivity contribution in [2.24, 2.45) is 5.73 Å². The van der Waals surface area contributed by atoms with Crippen LogP contribution in [0.5, 0.6) is 5.75 Å². The summed E-state index contributed by atoms with van der Waals surface area (Å²) >= 11 is 0. The second kappa shape index (κ2) is 4.66. The topological polar surface area (TPSA) is 78.3 Å². The molecule has 6 nitrogen and oxygen atoms in total. The average Bonchev–Trinajstić information content (AvgIpc) is 2.93. The van der Waals surface area contributed by atoms with Crippen LogP contribution in [-0.4, -0.2) is 26.9 Å². The summed E-state index contributed by atoms with van der Waals surface area (Å²) in [4.78, 5) is 4.52. The Morgan fingerprint density at radius 2 is 2.21 bits per heavy atom. The van der Waals surface area contributed by atoms with E-state index in [4.69, 9.17) is 10.5 Å². The molecule has 0 aliphatic carbocycles. The van der Waals surface area contributed by atoms with Crippen molar-refractivity contribution in [1.82, 2.24) is 19.8 Å². The van der Waals surface area contributed by atoms with Gasteiger partial charge < -0.3 is 10.5 Å². The quantitative estimate of drug-likeness (QED) is 0.762. The summed E-state index contributed by atoms with van der Waals surface area (Å²) in [7, 11) is 1.64. The van der Waals surface area contributed by atoms with Crippen molar-refractivity contribution in [2.45, 2.75) is 6.54 Å². The molecule has 1 aromatic carbocycles. The molecule has 0 bridgehead atoms. The highest BCUT2D eigenvalue weighted by molar-refractivity contribution is 5.67. The maximum absolute atomic E-state index is 5.77. The summed E-state index contributed by atoms with van der Waals surface area (Å²) in [5.41, 5.74) is 9.28. The van der Waals surface area contributed by atoms with Gasteiger partial charge in [-0.1, -0.05) is 11.3 Å². The zero-order valence-electron chi connectivity index (χ0n) is 10.4. The summed E-state index contributed by atoms with van der Waals surface area (Å²) in [5, 5.41) is 7.70. The van der Waals surface area contributed by atoms with Crippen LogP contribution in [0.4, 0.5) is 0 Å². The van der Waals surface area contributed by atoms with Crippen LogP contribution in [0.15, 0.2) is 36.7 Å². The number of hydrogen-bond donors (Lipinski definition) is 1. The number of hydrogen-bond acceptors (Lipinski definition) is 5. The van der Waals surface area contributed by atoms with Crippen molar-refractivity contribution in [2.75, 3.05) is 7.11 Å². The predicted molar refractivity (Wildman–Crippen MR) is 70.7 cm³/mol. The molecule has 0 fully saturated rings. The molecule has 0 aliphatic heterocycles. The van der Waals surface area contributed by atoms with Gasteiger partial charge in [-0.3, -0.25) is 0 Å². The van der Waals surface area contributed by atoms with Gasteiger partial charge in [0, 0.05) is 18.3 Å². The molecule has 0 saturated heterocycles. The van der Waals surface area contributed by atoms with Gasteiger partial charge in [-0.25, -0.2) is 9.50 Å². The van der Waals surface area contributed by atoms with Gasteiger partial charge in [0.15, 0.2) is 5.65 Å². The number of methoxy groups -OCH3 is 1. The van der Waals surface area contributed by atoms with E-state index in [-0.39, 0.29) is 0 Å². The third-order valence-electron chi connectivity index (χ3n) is 2.98. The minimum Gasteiger partial charge on any atom is -0.497 e. The molecule has 0 saturated carbocycles. The van der Waals surface area contributed by atoms with E-state index in [1.54, 1.807) is 17.8 Å². The van der Waals surface area contributed by atoms with E-state index in [0.717, 1.165) is 22.6 Å². The first-order valence-electron chi connectivity index (χ1n) is 5.86.